The van der Waals surface area contributed by atoms with E-state index >= 15 is 0 Å². The molecule has 1 heterocycles. The summed E-state index contributed by atoms with van der Waals surface area (Å²) >= 11 is 0. The van der Waals surface area contributed by atoms with Crippen molar-refractivity contribution in [3.63, 3.8) is 0 Å². The molecule has 0 aliphatic carbocycles. The molecule has 0 bridgehead atoms. The van der Waals surface area contributed by atoms with Gasteiger partial charge in [0.25, 0.3) is 0 Å². The van der Waals surface area contributed by atoms with Gasteiger partial charge in [0, 0.05) is 18.2 Å². The highest BCUT2D eigenvalue weighted by atomic mass is 16.5. The number of benzene rings is 1. The lowest BCUT2D eigenvalue weighted by Gasteiger charge is -2.19. The largest absolute Gasteiger partial charge is 0.493 e. The van der Waals surface area contributed by atoms with Crippen LogP contribution in [0.25, 0.3) is 0 Å². The Balaban J connectivity index is 2.09. The monoisotopic (exact) mass is 262 g/mol. The number of carbonyl (C=O) groups is 1. The number of amides is 1. The van der Waals surface area contributed by atoms with Crippen LogP contribution < -0.4 is 15.4 Å². The smallest absolute Gasteiger partial charge is 0.233 e. The molecule has 1 unspecified atom stereocenters. The number of hydrogen-bond donors (Lipinski definition) is 2. The molecule has 4 nitrogen and oxygen atoms in total. The third-order valence-electron chi connectivity index (χ3n) is 3.38. The summed E-state index contributed by atoms with van der Waals surface area (Å²) in [5, 5.41) is 6.14. The van der Waals surface area contributed by atoms with E-state index in [1.807, 2.05) is 13.0 Å². The van der Waals surface area contributed by atoms with Gasteiger partial charge in [-0.2, -0.15) is 0 Å². The zero-order valence-corrected chi connectivity index (χ0v) is 11.7. The van der Waals surface area contributed by atoms with E-state index in [4.69, 9.17) is 4.74 Å². The predicted molar refractivity (Wildman–Crippen MR) is 75.3 cm³/mol. The Labute approximate surface area is 114 Å². The summed E-state index contributed by atoms with van der Waals surface area (Å²) in [5.74, 6) is 1.02. The highest BCUT2D eigenvalue weighted by Crippen LogP contribution is 2.33. The third kappa shape index (κ3) is 3.47. The number of likely N-dealkylation sites (N-methyl/N-ethyl adjacent to an activating group) is 1. The maximum Gasteiger partial charge on any atom is 0.233 e. The van der Waals surface area contributed by atoms with Crippen molar-refractivity contribution in [2.75, 3.05) is 19.7 Å². The number of rotatable bonds is 4. The topological polar surface area (TPSA) is 50.4 Å². The second-order valence-corrected chi connectivity index (χ2v) is 4.87. The summed E-state index contributed by atoms with van der Waals surface area (Å²) in [6.07, 6.45) is 2.00. The second-order valence-electron chi connectivity index (χ2n) is 4.87. The van der Waals surface area contributed by atoms with Gasteiger partial charge in [-0.1, -0.05) is 18.2 Å². The lowest BCUT2D eigenvalue weighted by molar-refractivity contribution is -0.120. The van der Waals surface area contributed by atoms with Gasteiger partial charge in [-0.25, -0.2) is 0 Å². The van der Waals surface area contributed by atoms with Gasteiger partial charge < -0.3 is 15.4 Å². The van der Waals surface area contributed by atoms with Crippen molar-refractivity contribution in [3.8, 4) is 5.75 Å². The summed E-state index contributed by atoms with van der Waals surface area (Å²) in [6, 6.07) is 6.39. The molecule has 0 radical (unpaired) electrons. The number of carbonyl (C=O) groups excluding carboxylic acids is 1. The number of hydrogen-bond acceptors (Lipinski definition) is 3. The summed E-state index contributed by atoms with van der Waals surface area (Å²) in [4.78, 5) is 11.5. The number of ether oxygens (including phenoxy) is 1. The van der Waals surface area contributed by atoms with Crippen LogP contribution in [0.1, 0.15) is 36.9 Å². The predicted octanol–water partition coefficient (Wildman–Crippen LogP) is 1.93. The van der Waals surface area contributed by atoms with Crippen LogP contribution >= 0.6 is 0 Å². The molecule has 0 aromatic heterocycles. The number of fused-ring (bicyclic) bond motifs is 1. The van der Waals surface area contributed by atoms with Crippen molar-refractivity contribution in [3.05, 3.63) is 29.3 Å². The maximum atomic E-state index is 11.5. The van der Waals surface area contributed by atoms with E-state index in [0.717, 1.165) is 30.8 Å². The summed E-state index contributed by atoms with van der Waals surface area (Å²) in [5.41, 5.74) is 2.33. The Hall–Kier alpha value is -1.55. The first-order valence-electron chi connectivity index (χ1n) is 6.94. The first-order valence-corrected chi connectivity index (χ1v) is 6.94. The quantitative estimate of drug-likeness (QED) is 0.872. The maximum absolute atomic E-state index is 11.5. The molecule has 0 saturated carbocycles. The third-order valence-corrected chi connectivity index (χ3v) is 3.38. The molecule has 1 aromatic rings. The van der Waals surface area contributed by atoms with Crippen LogP contribution in [-0.2, 0) is 4.79 Å². The number of aryl methyl sites for hydroxylation is 1. The van der Waals surface area contributed by atoms with E-state index in [0.29, 0.717) is 13.1 Å². The molecule has 1 aliphatic heterocycles. The van der Waals surface area contributed by atoms with Crippen LogP contribution in [0, 0.1) is 6.92 Å². The van der Waals surface area contributed by atoms with Crippen molar-refractivity contribution in [2.24, 2.45) is 0 Å². The van der Waals surface area contributed by atoms with E-state index in [-0.39, 0.29) is 11.9 Å². The van der Waals surface area contributed by atoms with Gasteiger partial charge in [-0.05, 0) is 32.3 Å². The summed E-state index contributed by atoms with van der Waals surface area (Å²) in [7, 11) is 0. The molecule has 1 amide bonds. The van der Waals surface area contributed by atoms with E-state index in [2.05, 4.69) is 29.7 Å². The molecule has 1 atom stereocenters. The molecule has 1 aromatic carbocycles. The van der Waals surface area contributed by atoms with E-state index in [9.17, 15) is 4.79 Å². The first-order chi connectivity index (χ1) is 9.22. The fourth-order valence-corrected chi connectivity index (χ4v) is 2.45. The van der Waals surface area contributed by atoms with E-state index < -0.39 is 0 Å². The normalized spacial score (nSPS) is 18.1. The van der Waals surface area contributed by atoms with Crippen LogP contribution in [0.4, 0.5) is 0 Å². The zero-order chi connectivity index (χ0) is 13.7. The van der Waals surface area contributed by atoms with Crippen LogP contribution in [-0.4, -0.2) is 25.6 Å². The van der Waals surface area contributed by atoms with Gasteiger partial charge in [0.15, 0.2) is 0 Å². The van der Waals surface area contributed by atoms with Crippen LogP contribution in [0.15, 0.2) is 18.2 Å². The van der Waals surface area contributed by atoms with Gasteiger partial charge in [0.2, 0.25) is 5.91 Å². The standard InChI is InChI=1S/C15H22N2O2/c1-3-16-14(18)10-17-13-8-5-9-19-15-11(2)6-4-7-12(13)15/h4,6-7,13,17H,3,5,8-10H2,1-2H3,(H,16,18). The molecular formula is C15H22N2O2. The zero-order valence-electron chi connectivity index (χ0n) is 11.7. The molecule has 0 spiro atoms. The van der Waals surface area contributed by atoms with Gasteiger partial charge >= 0.3 is 0 Å². The van der Waals surface area contributed by atoms with Crippen molar-refractivity contribution in [2.45, 2.75) is 32.7 Å². The van der Waals surface area contributed by atoms with E-state index in [1.165, 1.54) is 5.56 Å². The Morgan fingerprint density at radius 3 is 3.11 bits per heavy atom. The SMILES string of the molecule is CCNC(=O)CNC1CCCOc2c(C)cccc21. The molecule has 0 fully saturated rings. The highest BCUT2D eigenvalue weighted by molar-refractivity contribution is 5.78. The van der Waals surface area contributed by atoms with Crippen molar-refractivity contribution < 1.29 is 9.53 Å². The average Bonchev–Trinajstić information content (AvgIpc) is 2.60. The Morgan fingerprint density at radius 1 is 1.47 bits per heavy atom. The minimum atomic E-state index is 0.0434. The van der Waals surface area contributed by atoms with Crippen LogP contribution in [0.5, 0.6) is 5.75 Å². The molecule has 2 rings (SSSR count). The first kappa shape index (κ1) is 13.9. The average molecular weight is 262 g/mol. The molecule has 0 saturated heterocycles. The molecule has 2 N–H and O–H groups in total. The van der Waals surface area contributed by atoms with E-state index in [1.54, 1.807) is 0 Å². The number of para-hydroxylation sites is 1. The van der Waals surface area contributed by atoms with Crippen LogP contribution in [0.3, 0.4) is 0 Å². The fraction of sp³-hybridized carbons (Fsp3) is 0.533. The minimum absolute atomic E-state index is 0.0434. The van der Waals surface area contributed by atoms with Crippen molar-refractivity contribution in [1.29, 1.82) is 0 Å². The summed E-state index contributed by atoms with van der Waals surface area (Å²) in [6.45, 7) is 5.76. The Bertz CT molecular complexity index is 446. The highest BCUT2D eigenvalue weighted by Gasteiger charge is 2.20. The lowest BCUT2D eigenvalue weighted by Crippen LogP contribution is -2.35. The molecule has 19 heavy (non-hydrogen) atoms. The fourth-order valence-electron chi connectivity index (χ4n) is 2.45. The van der Waals surface area contributed by atoms with Crippen molar-refractivity contribution in [1.82, 2.24) is 10.6 Å². The molecule has 1 aliphatic rings. The minimum Gasteiger partial charge on any atom is -0.493 e. The van der Waals surface area contributed by atoms with Gasteiger partial charge in [-0.15, -0.1) is 0 Å². The molecule has 4 heteroatoms. The Kier molecular flexibility index (Phi) is 4.80. The van der Waals surface area contributed by atoms with Gasteiger partial charge in [0.05, 0.1) is 13.2 Å². The lowest BCUT2D eigenvalue weighted by atomic mass is 10.00. The van der Waals surface area contributed by atoms with Gasteiger partial charge in [-0.3, -0.25) is 4.79 Å². The van der Waals surface area contributed by atoms with Gasteiger partial charge in [0.1, 0.15) is 5.75 Å². The van der Waals surface area contributed by atoms with Crippen molar-refractivity contribution >= 4 is 5.91 Å². The molecular weight excluding hydrogens is 240 g/mol. The Morgan fingerprint density at radius 2 is 2.32 bits per heavy atom. The van der Waals surface area contributed by atoms with Crippen LogP contribution in [0.2, 0.25) is 0 Å². The molecule has 104 valence electrons. The summed E-state index contributed by atoms with van der Waals surface area (Å²) < 4.78 is 5.82. The number of nitrogens with one attached hydrogen (secondary N) is 2. The second kappa shape index (κ2) is 6.57.